The Morgan fingerprint density at radius 3 is 2.59 bits per heavy atom. The maximum Gasteiger partial charge on any atom is 0.250 e. The number of anilines is 1. The minimum atomic E-state index is -0.339. The minimum Gasteiger partial charge on any atom is -0.392 e. The second kappa shape index (κ2) is 5.80. The minimum absolute atomic E-state index is 0.00324. The largest absolute Gasteiger partial charge is 0.392 e. The summed E-state index contributed by atoms with van der Waals surface area (Å²) >= 11 is 0. The van der Waals surface area contributed by atoms with E-state index in [0.29, 0.717) is 11.3 Å². The van der Waals surface area contributed by atoms with Crippen molar-refractivity contribution in [2.45, 2.75) is 33.0 Å². The Balaban J connectivity index is 2.56. The van der Waals surface area contributed by atoms with Crippen LogP contribution in [0.4, 0.5) is 5.69 Å². The van der Waals surface area contributed by atoms with Gasteiger partial charge in [0.05, 0.1) is 12.2 Å². The van der Waals surface area contributed by atoms with Crippen molar-refractivity contribution in [3.05, 3.63) is 29.8 Å². The summed E-state index contributed by atoms with van der Waals surface area (Å²) in [5, 5.41) is 11.8. The van der Waals surface area contributed by atoms with Crippen molar-refractivity contribution in [1.29, 1.82) is 0 Å². The molecule has 4 nitrogen and oxygen atoms in total. The lowest BCUT2D eigenvalue weighted by Gasteiger charge is -2.19. The van der Waals surface area contributed by atoms with Crippen molar-refractivity contribution in [3.63, 3.8) is 0 Å². The molecule has 0 heterocycles. The van der Waals surface area contributed by atoms with Gasteiger partial charge < -0.3 is 15.2 Å². The molecule has 1 aromatic rings. The Labute approximate surface area is 102 Å². The molecule has 0 spiro atoms. The summed E-state index contributed by atoms with van der Waals surface area (Å²) in [5.74, 6) is -0.221. The number of hydrogen-bond acceptors (Lipinski definition) is 3. The number of benzene rings is 1. The Bertz CT molecular complexity index is 382. The average molecular weight is 237 g/mol. The van der Waals surface area contributed by atoms with Crippen molar-refractivity contribution < 1.29 is 14.6 Å². The summed E-state index contributed by atoms with van der Waals surface area (Å²) in [6, 6.07) is 7.13. The average Bonchev–Trinajstić information content (AvgIpc) is 2.26. The van der Waals surface area contributed by atoms with Gasteiger partial charge in [-0.3, -0.25) is 4.79 Å². The Hall–Kier alpha value is -1.39. The van der Waals surface area contributed by atoms with Crippen molar-refractivity contribution in [2.75, 3.05) is 11.9 Å². The van der Waals surface area contributed by atoms with Crippen molar-refractivity contribution in [2.24, 2.45) is 0 Å². The summed E-state index contributed by atoms with van der Waals surface area (Å²) in [7, 11) is 0. The molecule has 1 aromatic carbocycles. The monoisotopic (exact) mass is 237 g/mol. The summed E-state index contributed by atoms with van der Waals surface area (Å²) in [6.07, 6.45) is 0. The third-order valence-electron chi connectivity index (χ3n) is 2.10. The number of hydrogen-bond donors (Lipinski definition) is 2. The first-order valence-corrected chi connectivity index (χ1v) is 5.55. The predicted molar refractivity (Wildman–Crippen MR) is 66.7 cm³/mol. The van der Waals surface area contributed by atoms with Crippen LogP contribution in [0.25, 0.3) is 0 Å². The lowest BCUT2D eigenvalue weighted by molar-refractivity contribution is -0.125. The molecule has 17 heavy (non-hydrogen) atoms. The van der Waals surface area contributed by atoms with Gasteiger partial charge in [0.1, 0.15) is 6.61 Å². The van der Waals surface area contributed by atoms with Crippen LogP contribution in [0.15, 0.2) is 24.3 Å². The van der Waals surface area contributed by atoms with Crippen LogP contribution in [-0.4, -0.2) is 23.2 Å². The third kappa shape index (κ3) is 4.97. The van der Waals surface area contributed by atoms with Crippen LogP contribution in [0.2, 0.25) is 0 Å². The molecular weight excluding hydrogens is 218 g/mol. The van der Waals surface area contributed by atoms with E-state index < -0.39 is 0 Å². The second-order valence-electron chi connectivity index (χ2n) is 4.76. The van der Waals surface area contributed by atoms with Gasteiger partial charge >= 0.3 is 0 Å². The molecule has 0 bridgehead atoms. The first-order valence-electron chi connectivity index (χ1n) is 5.55. The summed E-state index contributed by atoms with van der Waals surface area (Å²) in [4.78, 5) is 11.6. The van der Waals surface area contributed by atoms with Crippen LogP contribution in [-0.2, 0) is 16.1 Å². The maximum absolute atomic E-state index is 11.6. The maximum atomic E-state index is 11.6. The smallest absolute Gasteiger partial charge is 0.250 e. The Morgan fingerprint density at radius 2 is 2.00 bits per heavy atom. The molecule has 0 saturated carbocycles. The number of ether oxygens (including phenoxy) is 1. The topological polar surface area (TPSA) is 58.6 Å². The van der Waals surface area contributed by atoms with Gasteiger partial charge in [0, 0.05) is 11.3 Å². The third-order valence-corrected chi connectivity index (χ3v) is 2.10. The molecule has 0 aromatic heterocycles. The fraction of sp³-hybridized carbons (Fsp3) is 0.462. The number of carbonyl (C=O) groups excluding carboxylic acids is 1. The number of aliphatic hydroxyl groups excluding tert-OH is 1. The number of rotatable bonds is 4. The van der Waals surface area contributed by atoms with E-state index >= 15 is 0 Å². The van der Waals surface area contributed by atoms with Gasteiger partial charge in [-0.05, 0) is 26.8 Å². The zero-order valence-corrected chi connectivity index (χ0v) is 10.5. The molecule has 1 amide bonds. The van der Waals surface area contributed by atoms with Crippen molar-refractivity contribution >= 4 is 11.6 Å². The van der Waals surface area contributed by atoms with E-state index in [1.807, 2.05) is 26.8 Å². The molecule has 2 N–H and O–H groups in total. The van der Waals surface area contributed by atoms with E-state index in [2.05, 4.69) is 5.32 Å². The van der Waals surface area contributed by atoms with Gasteiger partial charge in [-0.2, -0.15) is 0 Å². The quantitative estimate of drug-likeness (QED) is 0.841. The lowest BCUT2D eigenvalue weighted by atomic mass is 10.2. The highest BCUT2D eigenvalue weighted by atomic mass is 16.5. The molecule has 4 heteroatoms. The first-order chi connectivity index (χ1) is 7.92. The normalized spacial score (nSPS) is 11.3. The van der Waals surface area contributed by atoms with Gasteiger partial charge in [0.25, 0.3) is 0 Å². The van der Waals surface area contributed by atoms with Gasteiger partial charge in [-0.1, -0.05) is 18.2 Å². The highest BCUT2D eigenvalue weighted by molar-refractivity contribution is 5.92. The van der Waals surface area contributed by atoms with Gasteiger partial charge in [0.15, 0.2) is 0 Å². The van der Waals surface area contributed by atoms with Gasteiger partial charge in [0.2, 0.25) is 5.91 Å². The number of para-hydroxylation sites is 1. The van der Waals surface area contributed by atoms with E-state index in [0.717, 1.165) is 0 Å². The van der Waals surface area contributed by atoms with Crippen LogP contribution in [0.5, 0.6) is 0 Å². The van der Waals surface area contributed by atoms with Crippen LogP contribution in [0.1, 0.15) is 26.3 Å². The van der Waals surface area contributed by atoms with E-state index in [1.165, 1.54) is 0 Å². The molecule has 0 aliphatic rings. The van der Waals surface area contributed by atoms with Crippen LogP contribution in [0, 0.1) is 0 Å². The predicted octanol–water partition coefficient (Wildman–Crippen LogP) is 1.93. The molecule has 1 rings (SSSR count). The van der Waals surface area contributed by atoms with Crippen molar-refractivity contribution in [1.82, 2.24) is 0 Å². The molecule has 0 unspecified atom stereocenters. The standard InChI is InChI=1S/C13H19NO3/c1-13(2,3)17-9-12(16)14-11-7-5-4-6-10(11)8-15/h4-7,15H,8-9H2,1-3H3,(H,14,16). The van der Waals surface area contributed by atoms with E-state index in [4.69, 9.17) is 9.84 Å². The molecule has 0 atom stereocenters. The number of amides is 1. The molecular formula is C13H19NO3. The highest BCUT2D eigenvalue weighted by Crippen LogP contribution is 2.15. The molecule has 0 aliphatic heterocycles. The van der Waals surface area contributed by atoms with Crippen LogP contribution < -0.4 is 5.32 Å². The van der Waals surface area contributed by atoms with E-state index in [9.17, 15) is 4.79 Å². The van der Waals surface area contributed by atoms with Gasteiger partial charge in [-0.15, -0.1) is 0 Å². The molecule has 0 aliphatic carbocycles. The number of nitrogens with one attached hydrogen (secondary N) is 1. The molecule has 94 valence electrons. The lowest BCUT2D eigenvalue weighted by Crippen LogP contribution is -2.27. The SMILES string of the molecule is CC(C)(C)OCC(=O)Nc1ccccc1CO. The Kier molecular flexibility index (Phi) is 4.66. The first kappa shape index (κ1) is 13.7. The van der Waals surface area contributed by atoms with Crippen molar-refractivity contribution in [3.8, 4) is 0 Å². The summed E-state index contributed by atoms with van der Waals surface area (Å²) in [6.45, 7) is 5.58. The van der Waals surface area contributed by atoms with Crippen LogP contribution >= 0.6 is 0 Å². The summed E-state index contributed by atoms with van der Waals surface area (Å²) in [5.41, 5.74) is 0.975. The number of carbonyl (C=O) groups is 1. The van der Waals surface area contributed by atoms with Crippen LogP contribution in [0.3, 0.4) is 0 Å². The fourth-order valence-corrected chi connectivity index (χ4v) is 1.25. The van der Waals surface area contributed by atoms with Gasteiger partial charge in [-0.25, -0.2) is 0 Å². The summed E-state index contributed by atoms with van der Waals surface area (Å²) < 4.78 is 5.36. The zero-order chi connectivity index (χ0) is 12.9. The molecule has 0 radical (unpaired) electrons. The molecule has 0 saturated heterocycles. The number of aliphatic hydroxyl groups is 1. The second-order valence-corrected chi connectivity index (χ2v) is 4.76. The highest BCUT2D eigenvalue weighted by Gasteiger charge is 2.13. The zero-order valence-electron chi connectivity index (χ0n) is 10.5. The van der Waals surface area contributed by atoms with E-state index in [1.54, 1.807) is 18.2 Å². The fourth-order valence-electron chi connectivity index (χ4n) is 1.25. The Morgan fingerprint density at radius 1 is 1.35 bits per heavy atom. The molecule has 0 fully saturated rings. The van der Waals surface area contributed by atoms with E-state index in [-0.39, 0.29) is 24.7 Å².